The molecule has 0 aliphatic rings. The summed E-state index contributed by atoms with van der Waals surface area (Å²) in [6.07, 6.45) is 7.38. The number of amides is 1. The molecule has 0 saturated carbocycles. The van der Waals surface area contributed by atoms with Crippen LogP contribution in [0.2, 0.25) is 0 Å². The zero-order chi connectivity index (χ0) is 23.2. The summed E-state index contributed by atoms with van der Waals surface area (Å²) in [6.45, 7) is 7.43. The van der Waals surface area contributed by atoms with Crippen molar-refractivity contribution >= 4 is 33.0 Å². The molecule has 0 fully saturated rings. The van der Waals surface area contributed by atoms with Crippen molar-refractivity contribution in [3.8, 4) is 0 Å². The Morgan fingerprint density at radius 2 is 1.94 bits per heavy atom. The molecule has 2 aromatic carbocycles. The van der Waals surface area contributed by atoms with Crippen LogP contribution in [0.5, 0.6) is 0 Å². The molecule has 33 heavy (non-hydrogen) atoms. The number of rotatable bonds is 10. The molecule has 4 nitrogen and oxygen atoms in total. The Hall–Kier alpha value is -2.96. The molecular weight excluding hydrogens is 433 g/mol. The lowest BCUT2D eigenvalue weighted by molar-refractivity contribution is 0.102. The number of carbonyl (C=O) groups is 1. The Kier molecular flexibility index (Phi) is 7.57. The summed E-state index contributed by atoms with van der Waals surface area (Å²) in [5.74, 6) is -0.587. The zero-order valence-electron chi connectivity index (χ0n) is 19.2. The minimum absolute atomic E-state index is 0.236. The van der Waals surface area contributed by atoms with Crippen LogP contribution in [0.25, 0.3) is 10.1 Å². The van der Waals surface area contributed by atoms with Crippen LogP contribution in [0.4, 0.5) is 10.1 Å². The number of aromatic amines is 1. The highest BCUT2D eigenvalue weighted by Gasteiger charge is 2.14. The molecule has 0 aliphatic carbocycles. The Bertz CT molecular complexity index is 1200. The van der Waals surface area contributed by atoms with Crippen molar-refractivity contribution in [2.24, 2.45) is 0 Å². The molecule has 0 spiro atoms. The molecular formula is C27H30FN3OS. The highest BCUT2D eigenvalue weighted by molar-refractivity contribution is 7.19. The number of fused-ring (bicyclic) bond motifs is 1. The number of anilines is 1. The number of H-pyrrole nitrogens is 1. The van der Waals surface area contributed by atoms with Crippen LogP contribution < -0.4 is 5.32 Å². The van der Waals surface area contributed by atoms with Gasteiger partial charge in [0.15, 0.2) is 0 Å². The Morgan fingerprint density at radius 3 is 2.67 bits per heavy atom. The van der Waals surface area contributed by atoms with Gasteiger partial charge in [0.2, 0.25) is 0 Å². The molecule has 172 valence electrons. The molecule has 0 bridgehead atoms. The van der Waals surface area contributed by atoms with Crippen molar-refractivity contribution in [3.05, 3.63) is 88.3 Å². The van der Waals surface area contributed by atoms with Gasteiger partial charge in [0.25, 0.3) is 5.91 Å². The van der Waals surface area contributed by atoms with E-state index in [-0.39, 0.29) is 11.7 Å². The van der Waals surface area contributed by atoms with Gasteiger partial charge in [0, 0.05) is 46.3 Å². The summed E-state index contributed by atoms with van der Waals surface area (Å²) in [4.78, 5) is 19.6. The highest BCUT2D eigenvalue weighted by atomic mass is 32.1. The number of aromatic nitrogens is 1. The van der Waals surface area contributed by atoms with E-state index in [0.29, 0.717) is 5.56 Å². The van der Waals surface area contributed by atoms with Crippen LogP contribution in [0.15, 0.2) is 60.9 Å². The number of hydrogen-bond acceptors (Lipinski definition) is 3. The van der Waals surface area contributed by atoms with Crippen molar-refractivity contribution in [1.82, 2.24) is 9.88 Å². The molecule has 2 heterocycles. The van der Waals surface area contributed by atoms with Gasteiger partial charge in [0.1, 0.15) is 5.82 Å². The van der Waals surface area contributed by atoms with Gasteiger partial charge in [0.05, 0.1) is 0 Å². The largest absolute Gasteiger partial charge is 0.367 e. The van der Waals surface area contributed by atoms with Gasteiger partial charge < -0.3 is 10.3 Å². The predicted octanol–water partition coefficient (Wildman–Crippen LogP) is 6.77. The number of unbranched alkanes of at least 4 members (excludes halogenated alkanes) is 1. The molecule has 0 aliphatic heterocycles. The van der Waals surface area contributed by atoms with E-state index >= 15 is 0 Å². The molecule has 2 N–H and O–H groups in total. The van der Waals surface area contributed by atoms with Gasteiger partial charge in [-0.15, -0.1) is 11.3 Å². The number of aryl methyl sites for hydroxylation is 1. The van der Waals surface area contributed by atoms with Gasteiger partial charge in [-0.2, -0.15) is 0 Å². The molecule has 4 aromatic rings. The van der Waals surface area contributed by atoms with E-state index in [1.54, 1.807) is 11.3 Å². The summed E-state index contributed by atoms with van der Waals surface area (Å²) in [5, 5.41) is 4.16. The van der Waals surface area contributed by atoms with Crippen molar-refractivity contribution in [2.75, 3.05) is 18.4 Å². The first kappa shape index (κ1) is 23.2. The van der Waals surface area contributed by atoms with Gasteiger partial charge in [-0.05, 0) is 91.4 Å². The number of hydrogen-bond donors (Lipinski definition) is 2. The number of carbonyl (C=O) groups excluding carboxylic acids is 1. The lowest BCUT2D eigenvalue weighted by Crippen LogP contribution is -2.26. The van der Waals surface area contributed by atoms with Crippen molar-refractivity contribution < 1.29 is 9.18 Å². The van der Waals surface area contributed by atoms with Gasteiger partial charge >= 0.3 is 0 Å². The first-order chi connectivity index (χ1) is 16.0. The second-order valence-electron chi connectivity index (χ2n) is 8.41. The third-order valence-corrected chi connectivity index (χ3v) is 7.06. The number of nitrogens with zero attached hydrogens (tertiary/aromatic N) is 1. The first-order valence-electron chi connectivity index (χ1n) is 11.5. The summed E-state index contributed by atoms with van der Waals surface area (Å²) in [5.41, 5.74) is 3.85. The molecule has 0 radical (unpaired) electrons. The molecule has 0 unspecified atom stereocenters. The fraction of sp³-hybridized carbons (Fsp3) is 0.296. The monoisotopic (exact) mass is 463 g/mol. The molecule has 2 aromatic heterocycles. The lowest BCUT2D eigenvalue weighted by atomic mass is 10.1. The third-order valence-electron chi connectivity index (χ3n) is 5.93. The van der Waals surface area contributed by atoms with Crippen LogP contribution >= 0.6 is 11.3 Å². The summed E-state index contributed by atoms with van der Waals surface area (Å²) in [6, 6.07) is 13.8. The van der Waals surface area contributed by atoms with E-state index in [2.05, 4.69) is 53.4 Å². The molecule has 6 heteroatoms. The van der Waals surface area contributed by atoms with Gasteiger partial charge in [-0.25, -0.2) is 4.39 Å². The van der Waals surface area contributed by atoms with Crippen LogP contribution in [-0.2, 0) is 13.0 Å². The maximum atomic E-state index is 13.2. The average Bonchev–Trinajstić information content (AvgIpc) is 3.43. The average molecular weight is 464 g/mol. The number of benzene rings is 2. The summed E-state index contributed by atoms with van der Waals surface area (Å²) < 4.78 is 14.4. The quantitative estimate of drug-likeness (QED) is 0.272. The SMILES string of the molecule is CCCCN(CCc1c(C)sc2ccc(NC(=O)c3ccc(F)cc3)cc12)Cc1cc[nH]c1. The standard InChI is InChI=1S/C27H30FN3OS/c1-3-4-14-31(18-20-11-13-29-17-20)15-12-24-19(2)33-26-10-9-23(16-25(24)26)30-27(32)21-5-7-22(28)8-6-21/h5-11,13,16-17,29H,3-4,12,14-15,18H2,1-2H3,(H,30,32). The zero-order valence-corrected chi connectivity index (χ0v) is 20.0. The van der Waals surface area contributed by atoms with E-state index in [1.165, 1.54) is 63.2 Å². The second-order valence-corrected chi connectivity index (χ2v) is 9.66. The molecule has 4 rings (SSSR count). The third kappa shape index (κ3) is 5.89. The smallest absolute Gasteiger partial charge is 0.255 e. The van der Waals surface area contributed by atoms with E-state index in [0.717, 1.165) is 31.7 Å². The van der Waals surface area contributed by atoms with E-state index in [4.69, 9.17) is 0 Å². The summed E-state index contributed by atoms with van der Waals surface area (Å²) in [7, 11) is 0. The van der Waals surface area contributed by atoms with Crippen LogP contribution in [0.1, 0.15) is 46.1 Å². The first-order valence-corrected chi connectivity index (χ1v) is 12.3. The fourth-order valence-corrected chi connectivity index (χ4v) is 5.19. The topological polar surface area (TPSA) is 48.1 Å². The Labute approximate surface area is 198 Å². The van der Waals surface area contributed by atoms with Crippen LogP contribution in [0, 0.1) is 12.7 Å². The maximum Gasteiger partial charge on any atom is 0.255 e. The molecule has 0 atom stereocenters. The normalized spacial score (nSPS) is 11.4. The maximum absolute atomic E-state index is 13.2. The Morgan fingerprint density at radius 1 is 1.12 bits per heavy atom. The van der Waals surface area contributed by atoms with Crippen LogP contribution in [-0.4, -0.2) is 28.9 Å². The fourth-order valence-electron chi connectivity index (χ4n) is 4.10. The highest BCUT2D eigenvalue weighted by Crippen LogP contribution is 2.33. The van der Waals surface area contributed by atoms with Crippen molar-refractivity contribution in [3.63, 3.8) is 0 Å². The minimum Gasteiger partial charge on any atom is -0.367 e. The van der Waals surface area contributed by atoms with Crippen molar-refractivity contribution in [2.45, 2.75) is 39.7 Å². The lowest BCUT2D eigenvalue weighted by Gasteiger charge is -2.22. The summed E-state index contributed by atoms with van der Waals surface area (Å²) >= 11 is 1.80. The molecule has 1 amide bonds. The van der Waals surface area contributed by atoms with Crippen LogP contribution in [0.3, 0.4) is 0 Å². The van der Waals surface area contributed by atoms with Crippen molar-refractivity contribution in [1.29, 1.82) is 0 Å². The van der Waals surface area contributed by atoms with E-state index in [9.17, 15) is 9.18 Å². The second kappa shape index (κ2) is 10.8. The molecule has 0 saturated heterocycles. The number of nitrogens with one attached hydrogen (secondary N) is 2. The van der Waals surface area contributed by atoms with Gasteiger partial charge in [-0.1, -0.05) is 13.3 Å². The van der Waals surface area contributed by atoms with E-state index < -0.39 is 0 Å². The Balaban J connectivity index is 1.50. The van der Waals surface area contributed by atoms with E-state index in [1.807, 2.05) is 12.3 Å². The number of thiophene rings is 1. The number of halogens is 1. The minimum atomic E-state index is -0.351. The predicted molar refractivity (Wildman–Crippen MR) is 136 cm³/mol. The van der Waals surface area contributed by atoms with Gasteiger partial charge in [-0.3, -0.25) is 9.69 Å².